The number of hydrogen-bond acceptors (Lipinski definition) is 6. The van der Waals surface area contributed by atoms with Crippen LogP contribution in [0.4, 0.5) is 5.00 Å². The lowest BCUT2D eigenvalue weighted by Crippen LogP contribution is -2.34. The third kappa shape index (κ3) is 6.79. The second kappa shape index (κ2) is 12.1. The molecule has 1 heterocycles. The highest BCUT2D eigenvalue weighted by Crippen LogP contribution is 2.44. The Morgan fingerprint density at radius 3 is 2.45 bits per heavy atom. The average molecular weight is 551 g/mol. The maximum Gasteiger partial charge on any atom is 0.341 e. The highest BCUT2D eigenvalue weighted by molar-refractivity contribution is 7.80. The van der Waals surface area contributed by atoms with Crippen LogP contribution in [0.25, 0.3) is 0 Å². The van der Waals surface area contributed by atoms with Gasteiger partial charge in [-0.25, -0.2) is 4.79 Å². The molecule has 0 saturated heterocycles. The molecule has 0 radical (unpaired) electrons. The topological polar surface area (TPSA) is 76.7 Å². The second-order valence-electron chi connectivity index (χ2n) is 10.5. The summed E-state index contributed by atoms with van der Waals surface area (Å²) in [6, 6.07) is 17.1. The monoisotopic (exact) mass is 550 g/mol. The molecule has 0 bridgehead atoms. The molecule has 0 fully saturated rings. The van der Waals surface area contributed by atoms with Crippen molar-refractivity contribution in [2.24, 2.45) is 11.3 Å². The maximum absolute atomic E-state index is 12.8. The number of anilines is 1. The molecule has 2 N–H and O–H groups in total. The van der Waals surface area contributed by atoms with Gasteiger partial charge in [-0.05, 0) is 78.2 Å². The number of thiophene rings is 1. The van der Waals surface area contributed by atoms with Gasteiger partial charge in [0.2, 0.25) is 0 Å². The molecule has 1 aliphatic rings. The molecule has 38 heavy (non-hydrogen) atoms. The molecule has 1 aromatic heterocycles. The first-order valence-electron chi connectivity index (χ1n) is 12.8. The summed E-state index contributed by atoms with van der Waals surface area (Å²) in [5.41, 5.74) is 3.40. The summed E-state index contributed by atoms with van der Waals surface area (Å²) in [5.74, 6) is 0.492. The van der Waals surface area contributed by atoms with Gasteiger partial charge in [0, 0.05) is 16.9 Å². The molecule has 1 aliphatic carbocycles. The van der Waals surface area contributed by atoms with Crippen molar-refractivity contribution in [1.29, 1.82) is 0 Å². The van der Waals surface area contributed by atoms with Crippen molar-refractivity contribution in [3.05, 3.63) is 81.7 Å². The van der Waals surface area contributed by atoms with Crippen LogP contribution in [0.15, 0.2) is 54.6 Å². The number of rotatable bonds is 7. The minimum atomic E-state index is -0.392. The van der Waals surface area contributed by atoms with Crippen LogP contribution in [0.5, 0.6) is 5.75 Å². The summed E-state index contributed by atoms with van der Waals surface area (Å²) >= 11 is 6.95. The number of amides is 1. The van der Waals surface area contributed by atoms with E-state index in [0.717, 1.165) is 31.2 Å². The smallest absolute Gasteiger partial charge is 0.341 e. The Balaban J connectivity index is 1.37. The van der Waals surface area contributed by atoms with Crippen molar-refractivity contribution in [2.45, 2.75) is 46.5 Å². The molecule has 8 heteroatoms. The van der Waals surface area contributed by atoms with Crippen LogP contribution in [0.3, 0.4) is 0 Å². The number of thiocarbonyl (C=S) groups is 1. The summed E-state index contributed by atoms with van der Waals surface area (Å²) in [5, 5.41) is 6.55. The number of ether oxygens (including phenoxy) is 2. The summed E-state index contributed by atoms with van der Waals surface area (Å²) in [4.78, 5) is 26.6. The van der Waals surface area contributed by atoms with E-state index < -0.39 is 5.97 Å². The molecule has 2 aromatic carbocycles. The van der Waals surface area contributed by atoms with Crippen molar-refractivity contribution in [3.8, 4) is 5.75 Å². The molecule has 0 saturated carbocycles. The lowest BCUT2D eigenvalue weighted by molar-refractivity contribution is 0.0600. The van der Waals surface area contributed by atoms with E-state index in [1.807, 2.05) is 18.2 Å². The van der Waals surface area contributed by atoms with Gasteiger partial charge in [-0.15, -0.1) is 11.3 Å². The Hall–Kier alpha value is -3.23. The quantitative estimate of drug-likeness (QED) is 0.261. The van der Waals surface area contributed by atoms with E-state index in [-0.39, 0.29) is 16.4 Å². The van der Waals surface area contributed by atoms with E-state index in [2.05, 4.69) is 43.5 Å². The predicted octanol–water partition coefficient (Wildman–Crippen LogP) is 6.43. The Labute approximate surface area is 233 Å². The van der Waals surface area contributed by atoms with Crippen LogP contribution < -0.4 is 15.4 Å². The first-order valence-corrected chi connectivity index (χ1v) is 14.0. The minimum absolute atomic E-state index is 0.134. The van der Waals surface area contributed by atoms with Crippen LogP contribution in [0, 0.1) is 11.3 Å². The van der Waals surface area contributed by atoms with Crippen LogP contribution in [0.1, 0.15) is 63.9 Å². The van der Waals surface area contributed by atoms with Gasteiger partial charge in [0.05, 0.1) is 19.3 Å². The van der Waals surface area contributed by atoms with E-state index in [9.17, 15) is 9.59 Å². The first-order chi connectivity index (χ1) is 18.2. The fourth-order valence-electron chi connectivity index (χ4n) is 4.67. The Bertz CT molecular complexity index is 1290. The lowest BCUT2D eigenvalue weighted by Gasteiger charge is -2.33. The van der Waals surface area contributed by atoms with Crippen LogP contribution >= 0.6 is 23.6 Å². The first kappa shape index (κ1) is 27.8. The Kier molecular flexibility index (Phi) is 8.84. The van der Waals surface area contributed by atoms with Gasteiger partial charge in [0.15, 0.2) is 5.11 Å². The number of carbonyl (C=O) groups excluding carboxylic acids is 2. The summed E-state index contributed by atoms with van der Waals surface area (Å²) < 4.78 is 10.9. The number of nitrogens with one attached hydrogen (secondary N) is 2. The predicted molar refractivity (Wildman–Crippen MR) is 156 cm³/mol. The molecule has 6 nitrogen and oxygen atoms in total. The summed E-state index contributed by atoms with van der Waals surface area (Å²) in [6.45, 7) is 7.31. The molecule has 0 spiro atoms. The van der Waals surface area contributed by atoms with Crippen molar-refractivity contribution in [3.63, 3.8) is 0 Å². The van der Waals surface area contributed by atoms with Gasteiger partial charge in [-0.2, -0.15) is 0 Å². The molecular formula is C30H34N2O4S2. The van der Waals surface area contributed by atoms with E-state index in [4.69, 9.17) is 21.7 Å². The molecule has 0 aliphatic heterocycles. The Morgan fingerprint density at radius 2 is 1.79 bits per heavy atom. The van der Waals surface area contributed by atoms with E-state index >= 15 is 0 Å². The number of methoxy groups -OCH3 is 1. The number of fused-ring (bicyclic) bond motifs is 1. The number of esters is 1. The highest BCUT2D eigenvalue weighted by Gasteiger charge is 2.34. The summed E-state index contributed by atoms with van der Waals surface area (Å²) in [7, 11) is 1.38. The Morgan fingerprint density at radius 1 is 1.08 bits per heavy atom. The highest BCUT2D eigenvalue weighted by atomic mass is 32.1. The third-order valence-electron chi connectivity index (χ3n) is 6.95. The number of carbonyl (C=O) groups is 2. The van der Waals surface area contributed by atoms with Crippen molar-refractivity contribution in [2.75, 3.05) is 19.0 Å². The van der Waals surface area contributed by atoms with Gasteiger partial charge in [0.25, 0.3) is 5.91 Å². The molecule has 1 atom stereocenters. The zero-order valence-corrected chi connectivity index (χ0v) is 23.9. The zero-order valence-electron chi connectivity index (χ0n) is 22.3. The molecule has 1 unspecified atom stereocenters. The SMILES string of the molecule is COC(=O)c1c(NC(=S)NC(=O)c2ccc(OCCc3ccccc3)cc2)sc2c1CCC(C(C)(C)C)C2. The van der Waals surface area contributed by atoms with Crippen molar-refractivity contribution < 1.29 is 19.1 Å². The van der Waals surface area contributed by atoms with Gasteiger partial charge in [0.1, 0.15) is 10.8 Å². The van der Waals surface area contributed by atoms with E-state index in [1.54, 1.807) is 24.3 Å². The van der Waals surface area contributed by atoms with E-state index in [1.165, 1.54) is 28.9 Å². The largest absolute Gasteiger partial charge is 0.493 e. The van der Waals surface area contributed by atoms with Crippen LogP contribution in [-0.4, -0.2) is 30.7 Å². The molecule has 1 amide bonds. The standard InChI is InChI=1S/C30H34N2O4S2/c1-30(2,3)21-12-15-23-24(18-21)38-27(25(23)28(34)35-4)32-29(37)31-26(33)20-10-13-22(14-11-20)36-17-16-19-8-6-5-7-9-19/h5-11,13-14,21H,12,15-18H2,1-4H3,(H2,31,32,33,37). The normalized spacial score (nSPS) is 14.8. The molecular weight excluding hydrogens is 516 g/mol. The van der Waals surface area contributed by atoms with E-state index in [0.29, 0.717) is 34.4 Å². The fraction of sp³-hybridized carbons (Fsp3) is 0.367. The fourth-order valence-corrected chi connectivity index (χ4v) is 6.25. The van der Waals surface area contributed by atoms with Crippen molar-refractivity contribution >= 4 is 45.5 Å². The number of benzene rings is 2. The second-order valence-corrected chi connectivity index (χ2v) is 12.0. The average Bonchev–Trinajstić information content (AvgIpc) is 3.25. The van der Waals surface area contributed by atoms with Crippen LogP contribution in [0.2, 0.25) is 0 Å². The van der Waals surface area contributed by atoms with Gasteiger partial charge in [-0.1, -0.05) is 51.1 Å². The van der Waals surface area contributed by atoms with Gasteiger partial charge < -0.3 is 14.8 Å². The summed E-state index contributed by atoms with van der Waals surface area (Å²) in [6.07, 6.45) is 3.55. The molecule has 3 aromatic rings. The van der Waals surface area contributed by atoms with Gasteiger partial charge >= 0.3 is 5.97 Å². The molecule has 4 rings (SSSR count). The molecule has 200 valence electrons. The van der Waals surface area contributed by atoms with Gasteiger partial charge in [-0.3, -0.25) is 10.1 Å². The van der Waals surface area contributed by atoms with Crippen molar-refractivity contribution in [1.82, 2.24) is 5.32 Å². The zero-order chi connectivity index (χ0) is 27.3. The maximum atomic E-state index is 12.8. The third-order valence-corrected chi connectivity index (χ3v) is 8.33. The number of hydrogen-bond donors (Lipinski definition) is 2. The van der Waals surface area contributed by atoms with Crippen LogP contribution in [-0.2, 0) is 24.0 Å². The lowest BCUT2D eigenvalue weighted by atomic mass is 9.72. The minimum Gasteiger partial charge on any atom is -0.493 e.